The number of hydrogen-bond donors (Lipinski definition) is 1. The molecule has 0 amide bonds. The van der Waals surface area contributed by atoms with E-state index in [0.717, 1.165) is 0 Å². The molecule has 0 fully saturated rings. The summed E-state index contributed by atoms with van der Waals surface area (Å²) < 4.78 is -1.94. The van der Waals surface area contributed by atoms with E-state index in [2.05, 4.69) is 0 Å². The molecule has 0 aliphatic heterocycles. The normalized spacial score (nSPS) is 10.2. The summed E-state index contributed by atoms with van der Waals surface area (Å²) in [7, 11) is 0. The van der Waals surface area contributed by atoms with Crippen molar-refractivity contribution in [3.05, 3.63) is 0 Å². The van der Waals surface area contributed by atoms with Gasteiger partial charge < -0.3 is 6.15 Å². The van der Waals surface area contributed by atoms with Crippen LogP contribution in [0.4, 0.5) is 0 Å². The number of halogens is 3. The van der Waals surface area contributed by atoms with Crippen LogP contribution in [0.2, 0.25) is 0 Å². The van der Waals surface area contributed by atoms with Crippen molar-refractivity contribution in [3.63, 3.8) is 0 Å². The molecule has 0 aliphatic carbocycles. The molecule has 0 heterocycles. The molecular weight excluding hydrogens is 221 g/mol. The molecule has 4 N–H and O–H groups in total. The number of hydrogen-bond acceptors (Lipinski definition) is 0. The quantitative estimate of drug-likeness (QED) is 0.467. The average Bonchev–Trinajstić information content (AvgIpc) is 0.722. The predicted molar refractivity (Wildman–Crippen MR) is 40.6 cm³/mol. The SMILES string of the molecule is Cl[Si](Cl)(Cl)[GeH4-].[NH4+]. The van der Waals surface area contributed by atoms with Crippen LogP contribution in [0.15, 0.2) is 0 Å². The van der Waals surface area contributed by atoms with Gasteiger partial charge in [-0.1, -0.05) is 0 Å². The van der Waals surface area contributed by atoms with Gasteiger partial charge in [-0.2, -0.15) is 0 Å². The Morgan fingerprint density at radius 2 is 1.17 bits per heavy atom. The van der Waals surface area contributed by atoms with E-state index in [1.54, 1.807) is 0 Å². The predicted octanol–water partition coefficient (Wildman–Crippen LogP) is 0.612. The first kappa shape index (κ1) is 10.5. The Labute approximate surface area is 59.7 Å². The van der Waals surface area contributed by atoms with Crippen molar-refractivity contribution in [2.75, 3.05) is 0 Å². The van der Waals surface area contributed by atoms with Crippen LogP contribution in [0.3, 0.4) is 0 Å². The van der Waals surface area contributed by atoms with Gasteiger partial charge in [0.05, 0.1) is 0 Å². The van der Waals surface area contributed by atoms with Gasteiger partial charge in [-0.3, -0.25) is 0 Å². The third-order valence-corrected chi connectivity index (χ3v) is 0. The fraction of sp³-hybridized carbons (Fsp3) is 0. The molecular formula is H8Cl3GeNSi. The summed E-state index contributed by atoms with van der Waals surface area (Å²) in [5.74, 6) is 0. The Kier molecular flexibility index (Phi) is 6.28. The Morgan fingerprint density at radius 3 is 1.17 bits per heavy atom. The van der Waals surface area contributed by atoms with Crippen molar-refractivity contribution in [3.8, 4) is 0 Å². The number of quaternary nitrogens is 1. The van der Waals surface area contributed by atoms with E-state index in [0.29, 0.717) is 0 Å². The third-order valence-electron chi connectivity index (χ3n) is 0. The van der Waals surface area contributed by atoms with Crippen LogP contribution in [0.25, 0.3) is 0 Å². The summed E-state index contributed by atoms with van der Waals surface area (Å²) in [6.07, 6.45) is 0. The van der Waals surface area contributed by atoms with Gasteiger partial charge >= 0.3 is 53.6 Å². The van der Waals surface area contributed by atoms with Crippen molar-refractivity contribution in [1.29, 1.82) is 0 Å². The van der Waals surface area contributed by atoms with E-state index in [1.807, 2.05) is 0 Å². The van der Waals surface area contributed by atoms with Gasteiger partial charge in [0.15, 0.2) is 0 Å². The van der Waals surface area contributed by atoms with Crippen molar-refractivity contribution in [1.82, 2.24) is 6.15 Å². The van der Waals surface area contributed by atoms with Gasteiger partial charge in [-0.05, 0) is 0 Å². The van der Waals surface area contributed by atoms with Crippen LogP contribution in [0.5, 0.6) is 0 Å². The molecule has 0 aliphatic rings. The molecule has 42 valence electrons. The molecule has 0 aromatic heterocycles. The van der Waals surface area contributed by atoms with Crippen molar-refractivity contribution < 1.29 is 0 Å². The second kappa shape index (κ2) is 3.57. The van der Waals surface area contributed by atoms with Crippen molar-refractivity contribution in [2.45, 2.75) is 0 Å². The monoisotopic (exact) mass is 229 g/mol. The maximum Gasteiger partial charge on any atom is -0.369 e. The van der Waals surface area contributed by atoms with Crippen LogP contribution in [0.1, 0.15) is 0 Å². The zero-order valence-corrected chi connectivity index (χ0v) is 5.90. The molecule has 0 aromatic carbocycles. The van der Waals surface area contributed by atoms with Gasteiger partial charge in [-0.25, -0.2) is 0 Å². The summed E-state index contributed by atoms with van der Waals surface area (Å²) in [6.45, 7) is 0. The zero-order chi connectivity index (χ0) is 4.50. The van der Waals surface area contributed by atoms with Crippen LogP contribution in [0, 0.1) is 0 Å². The largest absolute Gasteiger partial charge is 0.369 e. The first-order chi connectivity index (χ1) is 2.00. The zero-order valence-electron chi connectivity index (χ0n) is 2.63. The summed E-state index contributed by atoms with van der Waals surface area (Å²) in [5.41, 5.74) is 0. The minimum atomic E-state index is -1.94. The van der Waals surface area contributed by atoms with E-state index in [1.165, 1.54) is 0 Å². The van der Waals surface area contributed by atoms with E-state index in [4.69, 9.17) is 33.2 Å². The van der Waals surface area contributed by atoms with Crippen molar-refractivity contribution >= 4 is 53.6 Å². The van der Waals surface area contributed by atoms with Crippen LogP contribution in [-0.2, 0) is 0 Å². The van der Waals surface area contributed by atoms with Crippen LogP contribution < -0.4 is 6.15 Å². The second-order valence-corrected chi connectivity index (χ2v) is 5.79. The molecule has 0 saturated carbocycles. The molecule has 0 spiro atoms. The number of rotatable bonds is 0. The minimum Gasteiger partial charge on any atom is -0.369 e. The first-order valence-corrected chi connectivity index (χ1v) is 5.10. The Bertz CT molecular complexity index is 26.3. The fourth-order valence-corrected chi connectivity index (χ4v) is 0. The molecule has 6 heavy (non-hydrogen) atoms. The third kappa shape index (κ3) is 46.6. The molecule has 1 nitrogen and oxygen atoms in total. The summed E-state index contributed by atoms with van der Waals surface area (Å²) in [6, 6.07) is 0. The van der Waals surface area contributed by atoms with Gasteiger partial charge in [0.2, 0.25) is 0 Å². The van der Waals surface area contributed by atoms with E-state index in [9.17, 15) is 0 Å². The topological polar surface area (TPSA) is 36.5 Å². The van der Waals surface area contributed by atoms with E-state index in [-0.39, 0.29) is 22.0 Å². The molecule has 0 bridgehead atoms. The van der Waals surface area contributed by atoms with E-state index < -0.39 is 4.53 Å². The maximum atomic E-state index is 5.31. The molecule has 0 atom stereocenters. The maximum absolute atomic E-state index is 5.31. The molecule has 6 heteroatoms. The summed E-state index contributed by atoms with van der Waals surface area (Å²) >= 11 is 16.0. The minimum absolute atomic E-state index is 0. The smallest absolute Gasteiger partial charge is 0.369 e. The summed E-state index contributed by atoms with van der Waals surface area (Å²) in [5, 5.41) is 0. The van der Waals surface area contributed by atoms with Crippen LogP contribution >= 0.6 is 33.2 Å². The van der Waals surface area contributed by atoms with Crippen molar-refractivity contribution in [2.24, 2.45) is 0 Å². The summed E-state index contributed by atoms with van der Waals surface area (Å²) in [4.78, 5) is 0. The van der Waals surface area contributed by atoms with Gasteiger partial charge in [0.25, 0.3) is 0 Å². The standard InChI is InChI=1S/Cl3GeH4Si.H3N/c1-5(2,3)4;/h4H4;1H3/q-1;/p+1. The molecule has 0 rings (SSSR count). The van der Waals surface area contributed by atoms with Gasteiger partial charge in [0.1, 0.15) is 0 Å². The Hall–Kier alpha value is 1.59. The fourth-order valence-electron chi connectivity index (χ4n) is 0. The molecule has 0 aromatic rings. The Morgan fingerprint density at radius 1 is 1.17 bits per heavy atom. The Balaban J connectivity index is 0. The van der Waals surface area contributed by atoms with E-state index >= 15 is 0 Å². The van der Waals surface area contributed by atoms with Crippen LogP contribution in [-0.4, -0.2) is 20.4 Å². The average molecular weight is 229 g/mol. The molecule has 0 saturated heterocycles. The first-order valence-electron chi connectivity index (χ1n) is 0.567. The van der Waals surface area contributed by atoms with Gasteiger partial charge in [0, 0.05) is 0 Å². The molecule has 0 unspecified atom stereocenters. The van der Waals surface area contributed by atoms with Gasteiger partial charge in [-0.15, -0.1) is 0 Å². The molecule has 0 radical (unpaired) electrons. The second-order valence-electron chi connectivity index (χ2n) is 0.214.